The number of aliphatic carboxylic acids is 1. The molecule has 4 aliphatic rings. The monoisotopic (exact) mass is 720 g/mol. The van der Waals surface area contributed by atoms with Crippen LogP contribution >= 0.6 is 0 Å². The van der Waals surface area contributed by atoms with E-state index < -0.39 is 5.97 Å². The fourth-order valence-corrected chi connectivity index (χ4v) is 12.0. The molecule has 4 saturated carbocycles. The van der Waals surface area contributed by atoms with Gasteiger partial charge in [-0.15, -0.1) is 0 Å². The van der Waals surface area contributed by atoms with Gasteiger partial charge in [0.25, 0.3) is 5.97 Å². The zero-order chi connectivity index (χ0) is 39.0. The highest BCUT2D eigenvalue weighted by molar-refractivity contribution is 5.75. The van der Waals surface area contributed by atoms with Gasteiger partial charge in [0.05, 0.1) is 0 Å². The first-order chi connectivity index (χ1) is 23.9. The van der Waals surface area contributed by atoms with Gasteiger partial charge in [-0.1, -0.05) is 101 Å². The zero-order valence-electron chi connectivity index (χ0n) is 36.1. The quantitative estimate of drug-likeness (QED) is 0.165. The first kappa shape index (κ1) is 48.0. The highest BCUT2D eigenvalue weighted by atomic mass is 16.4. The number of carboxylic acid groups (broad SMARTS) is 1. The van der Waals surface area contributed by atoms with Gasteiger partial charge in [0, 0.05) is 13.3 Å². The van der Waals surface area contributed by atoms with Gasteiger partial charge in [-0.05, 0) is 161 Å². The number of carbonyl (C=O) groups excluding carboxylic acids is 1. The maximum atomic E-state index is 12.2. The van der Waals surface area contributed by atoms with Crippen molar-refractivity contribution in [2.45, 2.75) is 179 Å². The molecule has 0 radical (unpaired) electrons. The summed E-state index contributed by atoms with van der Waals surface area (Å²) in [6, 6.07) is 0. The molecule has 0 aromatic rings. The minimum Gasteiger partial charge on any atom is -0.481 e. The summed E-state index contributed by atoms with van der Waals surface area (Å²) in [4.78, 5) is 23.7. The molecule has 7 unspecified atom stereocenters. The van der Waals surface area contributed by atoms with E-state index in [0.29, 0.717) is 33.9 Å². The Morgan fingerprint density at radius 2 is 1.37 bits per heavy atom. The minimum absolute atomic E-state index is 0.420. The molecular formula is C45H89N3O3. The molecule has 0 aliphatic heterocycles. The summed E-state index contributed by atoms with van der Waals surface area (Å²) < 4.78 is 0. The second-order valence-electron chi connectivity index (χ2n) is 19.0. The van der Waals surface area contributed by atoms with E-state index in [1.165, 1.54) is 83.6 Å². The number of hydrogen-bond donors (Lipinski definition) is 3. The van der Waals surface area contributed by atoms with Crippen molar-refractivity contribution in [2.24, 2.45) is 75.1 Å². The van der Waals surface area contributed by atoms with Gasteiger partial charge >= 0.3 is 0 Å². The van der Waals surface area contributed by atoms with Crippen LogP contribution in [0.5, 0.6) is 0 Å². The second-order valence-corrected chi connectivity index (χ2v) is 19.0. The second kappa shape index (κ2) is 23.1. The Labute approximate surface area is 317 Å². The smallest absolute Gasteiger partial charge is 0.300 e. The highest BCUT2D eigenvalue weighted by Gasteiger charge is 2.68. The number of Topliss-reactive ketones (excluding diaryl/α,β-unsaturated/α-hetero) is 1. The number of nitrogens with two attached hydrogens (primary N) is 2. The Balaban J connectivity index is 0.000000469. The van der Waals surface area contributed by atoms with Crippen LogP contribution in [-0.4, -0.2) is 54.5 Å². The molecule has 0 spiro atoms. The zero-order valence-corrected chi connectivity index (χ0v) is 36.1. The summed E-state index contributed by atoms with van der Waals surface area (Å²) in [5, 5.41) is 7.42. The van der Waals surface area contributed by atoms with Crippen LogP contribution in [0.1, 0.15) is 179 Å². The van der Waals surface area contributed by atoms with E-state index in [4.69, 9.17) is 21.4 Å². The molecule has 0 amide bonds. The summed E-state index contributed by atoms with van der Waals surface area (Å²) in [6.45, 7) is 32.4. The summed E-state index contributed by atoms with van der Waals surface area (Å²) >= 11 is 0. The van der Waals surface area contributed by atoms with Gasteiger partial charge in [0.2, 0.25) is 0 Å². The van der Waals surface area contributed by atoms with Crippen LogP contribution in [0.3, 0.4) is 0 Å². The molecule has 0 bridgehead atoms. The van der Waals surface area contributed by atoms with E-state index in [-0.39, 0.29) is 0 Å². The van der Waals surface area contributed by atoms with Crippen LogP contribution in [0, 0.1) is 63.6 Å². The fourth-order valence-electron chi connectivity index (χ4n) is 12.0. The van der Waals surface area contributed by atoms with E-state index in [1.54, 1.807) is 0 Å². The predicted molar refractivity (Wildman–Crippen MR) is 220 cm³/mol. The summed E-state index contributed by atoms with van der Waals surface area (Å²) in [5.74, 6) is 6.11. The van der Waals surface area contributed by atoms with Crippen molar-refractivity contribution in [3.63, 3.8) is 0 Å². The number of unbranched alkanes of at least 4 members (excludes halogenated alkanes) is 1. The number of nitrogens with zero attached hydrogens (tertiary/aromatic N) is 1. The lowest BCUT2D eigenvalue weighted by Gasteiger charge is -2.68. The number of hydrogen-bond acceptors (Lipinski definition) is 5. The number of rotatable bonds is 14. The molecule has 9 atom stereocenters. The molecule has 51 heavy (non-hydrogen) atoms. The van der Waals surface area contributed by atoms with Crippen LogP contribution in [0.25, 0.3) is 0 Å². The van der Waals surface area contributed by atoms with Gasteiger partial charge in [-0.3, -0.25) is 4.79 Å². The molecule has 0 saturated heterocycles. The molecule has 4 aliphatic carbocycles. The van der Waals surface area contributed by atoms with Crippen LogP contribution in [-0.2, 0) is 9.59 Å². The first-order valence-electron chi connectivity index (χ1n) is 21.7. The van der Waals surface area contributed by atoms with Crippen molar-refractivity contribution in [1.82, 2.24) is 4.90 Å². The number of fused-ring (bicyclic) bond motifs is 5. The molecule has 0 aromatic heterocycles. The Hall–Kier alpha value is -0.980. The molecule has 0 heterocycles. The van der Waals surface area contributed by atoms with Crippen LogP contribution in [0.4, 0.5) is 0 Å². The largest absolute Gasteiger partial charge is 0.481 e. The Kier molecular flexibility index (Phi) is 21.7. The van der Waals surface area contributed by atoms with Crippen LogP contribution in [0.15, 0.2) is 0 Å². The topological polar surface area (TPSA) is 110 Å². The number of carboxylic acids is 1. The van der Waals surface area contributed by atoms with E-state index in [1.807, 2.05) is 6.92 Å². The number of carbonyl (C=O) groups is 2. The van der Waals surface area contributed by atoms with E-state index in [9.17, 15) is 4.79 Å². The van der Waals surface area contributed by atoms with Crippen molar-refractivity contribution >= 4 is 11.8 Å². The Morgan fingerprint density at radius 1 is 0.804 bits per heavy atom. The third kappa shape index (κ3) is 13.4. The molecule has 5 N–H and O–H groups in total. The van der Waals surface area contributed by atoms with Crippen LogP contribution in [0.2, 0.25) is 0 Å². The van der Waals surface area contributed by atoms with Crippen molar-refractivity contribution < 1.29 is 14.7 Å². The maximum absolute atomic E-state index is 12.2. The standard InChI is InChI=1S/C27H46O.C10H25N3.C6H14.C2H4O2/c1-17(2)21-16-27(7)23(20(21)15-19(4)28)10-11-24-25(5)13-8-9-18(3)22(25)12-14-26(24,27)6;1-2-3-8-13(9-4-6-11)10-5-7-12;1-4-5-6(2)3;1-2(3)4/h17-18,20-24H,8-16H2,1-7H3;2-12H2,1H3;6H,4-5H2,1-3H3;1H3,(H,3,4)/t18-,20?,21?,22?,23?,24?,25?,26+,27?;;;/m1.../s1. The summed E-state index contributed by atoms with van der Waals surface area (Å²) in [5.41, 5.74) is 12.4. The summed E-state index contributed by atoms with van der Waals surface area (Å²) in [6.07, 6.45) is 19.7. The molecule has 4 fully saturated rings. The SMILES string of the molecule is CC(=O)CC1C(C(C)C)CC2(C)C1CCC1C3(C)CCC[C@@H](C)C3CC[C@@]12C.CC(=O)O.CCCC(C)C.CCCCN(CCCN)CCCN. The van der Waals surface area contributed by atoms with Gasteiger partial charge in [0.1, 0.15) is 5.78 Å². The Bertz CT molecular complexity index is 963. The number of ketones is 1. The van der Waals surface area contributed by atoms with Crippen molar-refractivity contribution in [1.29, 1.82) is 0 Å². The molecule has 6 heteroatoms. The van der Waals surface area contributed by atoms with Crippen molar-refractivity contribution in [3.05, 3.63) is 0 Å². The lowest BCUT2D eigenvalue weighted by atomic mass is 9.37. The van der Waals surface area contributed by atoms with E-state index >= 15 is 0 Å². The third-order valence-corrected chi connectivity index (χ3v) is 14.5. The lowest BCUT2D eigenvalue weighted by Crippen LogP contribution is -2.60. The van der Waals surface area contributed by atoms with Gasteiger partial charge < -0.3 is 26.3 Å². The normalized spacial score (nSPS) is 33.8. The van der Waals surface area contributed by atoms with E-state index in [0.717, 1.165) is 87.9 Å². The minimum atomic E-state index is -0.833. The first-order valence-corrected chi connectivity index (χ1v) is 21.7. The van der Waals surface area contributed by atoms with Gasteiger partial charge in [-0.25, -0.2) is 0 Å². The predicted octanol–water partition coefficient (Wildman–Crippen LogP) is 10.9. The fraction of sp³-hybridized carbons (Fsp3) is 0.956. The van der Waals surface area contributed by atoms with Gasteiger partial charge in [0.15, 0.2) is 0 Å². The van der Waals surface area contributed by atoms with E-state index in [2.05, 4.69) is 74.1 Å². The van der Waals surface area contributed by atoms with Crippen molar-refractivity contribution in [2.75, 3.05) is 32.7 Å². The molecule has 6 nitrogen and oxygen atoms in total. The third-order valence-electron chi connectivity index (χ3n) is 14.5. The average molecular weight is 720 g/mol. The van der Waals surface area contributed by atoms with Crippen molar-refractivity contribution in [3.8, 4) is 0 Å². The molecule has 0 aromatic carbocycles. The van der Waals surface area contributed by atoms with Crippen LogP contribution < -0.4 is 11.5 Å². The molecule has 302 valence electrons. The molecule has 4 rings (SSSR count). The van der Waals surface area contributed by atoms with Gasteiger partial charge in [-0.2, -0.15) is 0 Å². The Morgan fingerprint density at radius 3 is 1.82 bits per heavy atom. The maximum Gasteiger partial charge on any atom is 0.300 e. The summed E-state index contributed by atoms with van der Waals surface area (Å²) in [7, 11) is 0. The average Bonchev–Trinajstić information content (AvgIpc) is 3.33. The molecular weight excluding hydrogens is 631 g/mol. The lowest BCUT2D eigenvalue weighted by molar-refractivity contribution is -0.189. The highest BCUT2D eigenvalue weighted by Crippen LogP contribution is 2.75.